The molecule has 0 saturated carbocycles. The van der Waals surface area contributed by atoms with Crippen LogP contribution in [0.25, 0.3) is 0 Å². The summed E-state index contributed by atoms with van der Waals surface area (Å²) in [6, 6.07) is 9.45. The predicted octanol–water partition coefficient (Wildman–Crippen LogP) is 5.11. The second-order valence-electron chi connectivity index (χ2n) is 3.31. The molecule has 0 fully saturated rings. The first-order chi connectivity index (χ1) is 7.65. The van der Waals surface area contributed by atoms with Crippen LogP contribution in [-0.4, -0.2) is 6.21 Å². The molecule has 0 radical (unpaired) electrons. The van der Waals surface area contributed by atoms with Crippen molar-refractivity contribution < 1.29 is 0 Å². The molecule has 1 heterocycles. The van der Waals surface area contributed by atoms with E-state index in [1.165, 1.54) is 4.88 Å². The highest BCUT2D eigenvalue weighted by atomic mass is 35.5. The number of thiophene rings is 1. The van der Waals surface area contributed by atoms with Crippen LogP contribution in [0.5, 0.6) is 0 Å². The van der Waals surface area contributed by atoms with Gasteiger partial charge in [0.15, 0.2) is 0 Å². The predicted molar refractivity (Wildman–Crippen MR) is 72.8 cm³/mol. The smallest absolute Gasteiger partial charge is 0.0646 e. The number of halogens is 2. The van der Waals surface area contributed by atoms with E-state index in [1.54, 1.807) is 23.5 Å². The van der Waals surface area contributed by atoms with E-state index in [9.17, 15) is 0 Å². The van der Waals surface area contributed by atoms with Crippen molar-refractivity contribution >= 4 is 46.4 Å². The Labute approximate surface area is 108 Å². The highest BCUT2D eigenvalue weighted by Crippen LogP contribution is 2.26. The first-order valence-corrected chi connectivity index (χ1v) is 6.28. The van der Waals surface area contributed by atoms with Gasteiger partial charge in [0.05, 0.1) is 15.7 Å². The molecule has 2 aromatic rings. The molecule has 1 aromatic heterocycles. The van der Waals surface area contributed by atoms with Gasteiger partial charge in [-0.1, -0.05) is 23.2 Å². The summed E-state index contributed by atoms with van der Waals surface area (Å²) >= 11 is 13.4. The first kappa shape index (κ1) is 11.6. The molecule has 0 aliphatic rings. The van der Waals surface area contributed by atoms with Crippen molar-refractivity contribution in [3.63, 3.8) is 0 Å². The Hall–Kier alpha value is -0.830. The molecule has 2 rings (SSSR count). The van der Waals surface area contributed by atoms with Crippen molar-refractivity contribution in [1.29, 1.82) is 0 Å². The van der Waals surface area contributed by atoms with E-state index < -0.39 is 0 Å². The van der Waals surface area contributed by atoms with Crippen LogP contribution >= 0.6 is 34.5 Å². The van der Waals surface area contributed by atoms with Crippen molar-refractivity contribution in [3.8, 4) is 0 Å². The van der Waals surface area contributed by atoms with E-state index in [0.29, 0.717) is 10.0 Å². The molecule has 4 heteroatoms. The number of benzene rings is 1. The zero-order valence-electron chi connectivity index (χ0n) is 8.58. The first-order valence-electron chi connectivity index (χ1n) is 4.71. The molecule has 0 unspecified atom stereocenters. The van der Waals surface area contributed by atoms with Crippen LogP contribution in [0.1, 0.15) is 9.75 Å². The third-order valence-corrected chi connectivity index (χ3v) is 3.68. The van der Waals surface area contributed by atoms with E-state index in [1.807, 2.05) is 18.3 Å². The molecule has 0 atom stereocenters. The van der Waals surface area contributed by atoms with Crippen LogP contribution in [-0.2, 0) is 0 Å². The molecule has 0 saturated heterocycles. The molecule has 0 aliphatic heterocycles. The van der Waals surface area contributed by atoms with Crippen LogP contribution in [0.2, 0.25) is 10.0 Å². The Bertz CT molecular complexity index is 532. The normalized spacial score (nSPS) is 11.2. The number of aryl methyl sites for hydroxylation is 1. The van der Waals surface area contributed by atoms with Gasteiger partial charge in [0.2, 0.25) is 0 Å². The van der Waals surface area contributed by atoms with Gasteiger partial charge in [-0.25, -0.2) is 0 Å². The maximum absolute atomic E-state index is 5.90. The Kier molecular flexibility index (Phi) is 3.64. The summed E-state index contributed by atoms with van der Waals surface area (Å²) in [5.74, 6) is 0. The quantitative estimate of drug-likeness (QED) is 0.672. The number of hydrogen-bond donors (Lipinski definition) is 0. The van der Waals surface area contributed by atoms with Gasteiger partial charge in [-0.3, -0.25) is 4.99 Å². The summed E-state index contributed by atoms with van der Waals surface area (Å²) in [6.07, 6.45) is 1.83. The minimum atomic E-state index is 0.527. The van der Waals surface area contributed by atoms with Gasteiger partial charge in [-0.15, -0.1) is 11.3 Å². The second kappa shape index (κ2) is 5.00. The maximum atomic E-state index is 5.90. The second-order valence-corrected chi connectivity index (χ2v) is 5.44. The molecule has 1 aromatic carbocycles. The summed E-state index contributed by atoms with van der Waals surface area (Å²) in [5, 5.41) is 1.08. The fraction of sp³-hybridized carbons (Fsp3) is 0.0833. The molecule has 0 bridgehead atoms. The summed E-state index contributed by atoms with van der Waals surface area (Å²) in [6.45, 7) is 2.07. The van der Waals surface area contributed by atoms with Crippen molar-refractivity contribution in [3.05, 3.63) is 50.1 Å². The molecule has 0 amide bonds. The lowest BCUT2D eigenvalue weighted by Crippen LogP contribution is -1.73. The summed E-state index contributed by atoms with van der Waals surface area (Å²) < 4.78 is 0. The average Bonchev–Trinajstić information content (AvgIpc) is 2.66. The average molecular weight is 270 g/mol. The van der Waals surface area contributed by atoms with Gasteiger partial charge in [0.25, 0.3) is 0 Å². The maximum Gasteiger partial charge on any atom is 0.0646 e. The minimum Gasteiger partial charge on any atom is -0.255 e. The number of aliphatic imine (C=N–C) groups is 1. The van der Waals surface area contributed by atoms with Gasteiger partial charge in [0.1, 0.15) is 0 Å². The van der Waals surface area contributed by atoms with E-state index >= 15 is 0 Å². The largest absolute Gasteiger partial charge is 0.255 e. The topological polar surface area (TPSA) is 12.4 Å². The molecule has 16 heavy (non-hydrogen) atoms. The number of hydrogen-bond acceptors (Lipinski definition) is 2. The zero-order chi connectivity index (χ0) is 11.5. The standard InChI is InChI=1S/C12H9Cl2NS/c1-8-2-4-10(16-8)7-15-9-3-5-11(13)12(14)6-9/h2-7H,1H3. The fourth-order valence-corrected chi connectivity index (χ4v) is 2.27. The van der Waals surface area contributed by atoms with Gasteiger partial charge < -0.3 is 0 Å². The number of rotatable bonds is 2. The van der Waals surface area contributed by atoms with Crippen LogP contribution < -0.4 is 0 Å². The monoisotopic (exact) mass is 269 g/mol. The van der Waals surface area contributed by atoms with Crippen molar-refractivity contribution in [2.45, 2.75) is 6.92 Å². The zero-order valence-corrected chi connectivity index (χ0v) is 10.9. The van der Waals surface area contributed by atoms with Crippen molar-refractivity contribution in [2.24, 2.45) is 4.99 Å². The van der Waals surface area contributed by atoms with E-state index in [-0.39, 0.29) is 0 Å². The number of nitrogens with zero attached hydrogens (tertiary/aromatic N) is 1. The SMILES string of the molecule is Cc1ccc(C=Nc2ccc(Cl)c(Cl)c2)s1. The molecule has 0 aliphatic carbocycles. The third kappa shape index (κ3) is 2.85. The van der Waals surface area contributed by atoms with E-state index in [4.69, 9.17) is 23.2 Å². The molecule has 82 valence electrons. The summed E-state index contributed by atoms with van der Waals surface area (Å²) in [4.78, 5) is 6.74. The lowest BCUT2D eigenvalue weighted by atomic mass is 10.3. The Morgan fingerprint density at radius 2 is 1.94 bits per heavy atom. The van der Waals surface area contributed by atoms with Gasteiger partial charge in [0, 0.05) is 16.0 Å². The fourth-order valence-electron chi connectivity index (χ4n) is 1.23. The van der Waals surface area contributed by atoms with Gasteiger partial charge in [-0.2, -0.15) is 0 Å². The van der Waals surface area contributed by atoms with Crippen LogP contribution in [0.3, 0.4) is 0 Å². The van der Waals surface area contributed by atoms with Gasteiger partial charge in [-0.05, 0) is 37.3 Å². The van der Waals surface area contributed by atoms with Crippen LogP contribution in [0.15, 0.2) is 35.3 Å². The summed E-state index contributed by atoms with van der Waals surface area (Å²) in [7, 11) is 0. The molecular formula is C12H9Cl2NS. The van der Waals surface area contributed by atoms with E-state index in [2.05, 4.69) is 18.0 Å². The van der Waals surface area contributed by atoms with Crippen LogP contribution in [0.4, 0.5) is 5.69 Å². The lowest BCUT2D eigenvalue weighted by molar-refractivity contribution is 1.54. The highest BCUT2D eigenvalue weighted by molar-refractivity contribution is 7.13. The van der Waals surface area contributed by atoms with Crippen LogP contribution in [0, 0.1) is 6.92 Å². The lowest BCUT2D eigenvalue weighted by Gasteiger charge is -1.96. The van der Waals surface area contributed by atoms with E-state index in [0.717, 1.165) is 10.6 Å². The highest BCUT2D eigenvalue weighted by Gasteiger charge is 1.98. The van der Waals surface area contributed by atoms with Crippen molar-refractivity contribution in [1.82, 2.24) is 0 Å². The summed E-state index contributed by atoms with van der Waals surface area (Å²) in [5.41, 5.74) is 0.806. The molecular weight excluding hydrogens is 261 g/mol. The Morgan fingerprint density at radius 1 is 1.12 bits per heavy atom. The third-order valence-electron chi connectivity index (χ3n) is 2.01. The van der Waals surface area contributed by atoms with Crippen molar-refractivity contribution in [2.75, 3.05) is 0 Å². The molecule has 0 spiro atoms. The molecule has 0 N–H and O–H groups in total. The Morgan fingerprint density at radius 3 is 2.56 bits per heavy atom. The minimum absolute atomic E-state index is 0.527. The van der Waals surface area contributed by atoms with Gasteiger partial charge >= 0.3 is 0 Å². The molecule has 1 nitrogen and oxygen atoms in total. The Balaban J connectivity index is 2.20.